The zero-order valence-corrected chi connectivity index (χ0v) is 14.3. The predicted molar refractivity (Wildman–Crippen MR) is 97.3 cm³/mol. The van der Waals surface area contributed by atoms with E-state index in [1.807, 2.05) is 30.3 Å². The lowest BCUT2D eigenvalue weighted by Crippen LogP contribution is -2.38. The summed E-state index contributed by atoms with van der Waals surface area (Å²) in [4.78, 5) is 24.5. The summed E-state index contributed by atoms with van der Waals surface area (Å²) < 4.78 is 13.3. The van der Waals surface area contributed by atoms with Crippen LogP contribution < -0.4 is 5.73 Å². The molecule has 1 aliphatic heterocycles. The maximum Gasteiger partial charge on any atom is 0.266 e. The summed E-state index contributed by atoms with van der Waals surface area (Å²) >= 11 is 1.25. The van der Waals surface area contributed by atoms with Crippen molar-refractivity contribution in [3.05, 3.63) is 41.4 Å². The van der Waals surface area contributed by atoms with Crippen LogP contribution in [0, 0.1) is 0 Å². The van der Waals surface area contributed by atoms with Crippen molar-refractivity contribution in [1.29, 1.82) is 0 Å². The molecular formula is C18H17FN4OS. The third kappa shape index (κ3) is 2.95. The molecule has 0 atom stereocenters. The number of nitrogens with two attached hydrogens (primary N) is 1. The van der Waals surface area contributed by atoms with Gasteiger partial charge in [0.25, 0.3) is 5.91 Å². The first-order valence-corrected chi connectivity index (χ1v) is 8.99. The van der Waals surface area contributed by atoms with Crippen molar-refractivity contribution < 1.29 is 9.18 Å². The molecule has 0 spiro atoms. The lowest BCUT2D eigenvalue weighted by Gasteiger charge is -2.28. The summed E-state index contributed by atoms with van der Waals surface area (Å²) in [6.07, 6.45) is 1.61. The molecule has 0 unspecified atom stereocenters. The molecule has 7 heteroatoms. The van der Waals surface area contributed by atoms with Crippen LogP contribution in [-0.4, -0.2) is 40.0 Å². The molecule has 1 amide bonds. The first kappa shape index (κ1) is 16.0. The van der Waals surface area contributed by atoms with Crippen molar-refractivity contribution in [1.82, 2.24) is 14.9 Å². The molecule has 128 valence electrons. The standard InChI is InChI=1S/C18H17FN4OS/c19-12-6-8-23(9-7-12)18(24)16-14(20)15-17(25-16)22-13(10-21-15)11-4-2-1-3-5-11/h1-5,10,12H,6-9,20H2. The molecule has 0 aliphatic carbocycles. The highest BCUT2D eigenvalue weighted by Gasteiger charge is 2.27. The molecule has 1 saturated heterocycles. The Balaban J connectivity index is 1.69. The molecule has 0 radical (unpaired) electrons. The van der Waals surface area contributed by atoms with Gasteiger partial charge in [0.1, 0.15) is 21.4 Å². The zero-order valence-electron chi connectivity index (χ0n) is 13.5. The lowest BCUT2D eigenvalue weighted by molar-refractivity contribution is 0.0673. The van der Waals surface area contributed by atoms with Crippen LogP contribution in [-0.2, 0) is 0 Å². The number of nitrogens with zero attached hydrogens (tertiary/aromatic N) is 3. The highest BCUT2D eigenvalue weighted by atomic mass is 32.1. The van der Waals surface area contributed by atoms with Gasteiger partial charge in [0.2, 0.25) is 0 Å². The number of benzene rings is 1. The average Bonchev–Trinajstić information content (AvgIpc) is 2.98. The van der Waals surface area contributed by atoms with Crippen LogP contribution in [0.5, 0.6) is 0 Å². The Bertz CT molecular complexity index is 919. The Morgan fingerprint density at radius 1 is 1.24 bits per heavy atom. The van der Waals surface area contributed by atoms with Crippen molar-refractivity contribution >= 4 is 33.3 Å². The number of piperidine rings is 1. The highest BCUT2D eigenvalue weighted by Crippen LogP contribution is 2.33. The summed E-state index contributed by atoms with van der Waals surface area (Å²) in [7, 11) is 0. The number of aromatic nitrogens is 2. The fraction of sp³-hybridized carbons (Fsp3) is 0.278. The SMILES string of the molecule is Nc1c(C(=O)N2CCC(F)CC2)sc2nc(-c3ccccc3)cnc12. The Morgan fingerprint density at radius 3 is 2.68 bits per heavy atom. The van der Waals surface area contributed by atoms with E-state index in [9.17, 15) is 9.18 Å². The van der Waals surface area contributed by atoms with E-state index in [4.69, 9.17) is 5.73 Å². The maximum atomic E-state index is 13.3. The number of amides is 1. The number of nitrogen functional groups attached to an aromatic ring is 1. The molecule has 5 nitrogen and oxygen atoms in total. The van der Waals surface area contributed by atoms with Crippen molar-refractivity contribution in [3.8, 4) is 11.3 Å². The molecule has 25 heavy (non-hydrogen) atoms. The predicted octanol–water partition coefficient (Wildman–Crippen LogP) is 3.51. The third-order valence-electron chi connectivity index (χ3n) is 4.41. The van der Waals surface area contributed by atoms with Gasteiger partial charge in [0.05, 0.1) is 17.6 Å². The number of anilines is 1. The molecule has 1 aromatic carbocycles. The molecule has 2 N–H and O–H groups in total. The quantitative estimate of drug-likeness (QED) is 0.763. The van der Waals surface area contributed by atoms with Crippen molar-refractivity contribution in [2.45, 2.75) is 19.0 Å². The first-order valence-electron chi connectivity index (χ1n) is 8.17. The van der Waals surface area contributed by atoms with E-state index in [1.165, 1.54) is 11.3 Å². The monoisotopic (exact) mass is 356 g/mol. The molecule has 1 fully saturated rings. The van der Waals surface area contributed by atoms with Crippen LogP contribution in [0.15, 0.2) is 36.5 Å². The van der Waals surface area contributed by atoms with Gasteiger partial charge in [-0.1, -0.05) is 30.3 Å². The average molecular weight is 356 g/mol. The molecule has 3 aromatic rings. The van der Waals surface area contributed by atoms with Gasteiger partial charge in [-0.2, -0.15) is 0 Å². The number of alkyl halides is 1. The number of rotatable bonds is 2. The van der Waals surface area contributed by atoms with E-state index < -0.39 is 6.17 Å². The van der Waals surface area contributed by atoms with Gasteiger partial charge >= 0.3 is 0 Å². The number of carbonyl (C=O) groups excluding carboxylic acids is 1. The van der Waals surface area contributed by atoms with Gasteiger partial charge in [0.15, 0.2) is 0 Å². The van der Waals surface area contributed by atoms with Crippen LogP contribution in [0.4, 0.5) is 10.1 Å². The minimum Gasteiger partial charge on any atom is -0.396 e. The van der Waals surface area contributed by atoms with Crippen LogP contribution >= 0.6 is 11.3 Å². The van der Waals surface area contributed by atoms with Gasteiger partial charge in [0, 0.05) is 18.7 Å². The van der Waals surface area contributed by atoms with Crippen molar-refractivity contribution in [2.75, 3.05) is 18.8 Å². The molecule has 2 aromatic heterocycles. The van der Waals surface area contributed by atoms with E-state index in [2.05, 4.69) is 9.97 Å². The van der Waals surface area contributed by atoms with Crippen LogP contribution in [0.1, 0.15) is 22.5 Å². The summed E-state index contributed by atoms with van der Waals surface area (Å²) in [6.45, 7) is 0.841. The van der Waals surface area contributed by atoms with Gasteiger partial charge in [-0.15, -0.1) is 11.3 Å². The molecule has 0 bridgehead atoms. The second kappa shape index (κ2) is 6.40. The maximum absolute atomic E-state index is 13.3. The molecule has 0 saturated carbocycles. The van der Waals surface area contributed by atoms with E-state index in [1.54, 1.807) is 11.1 Å². The van der Waals surface area contributed by atoms with Gasteiger partial charge < -0.3 is 10.6 Å². The van der Waals surface area contributed by atoms with E-state index in [0.717, 1.165) is 11.3 Å². The molecular weight excluding hydrogens is 339 g/mol. The Kier molecular flexibility index (Phi) is 4.09. The minimum absolute atomic E-state index is 0.157. The number of hydrogen-bond acceptors (Lipinski definition) is 5. The van der Waals surface area contributed by atoms with E-state index >= 15 is 0 Å². The van der Waals surface area contributed by atoms with E-state index in [0.29, 0.717) is 46.8 Å². The number of thiophene rings is 1. The molecule has 4 rings (SSSR count). The summed E-state index contributed by atoms with van der Waals surface area (Å²) in [6, 6.07) is 9.73. The van der Waals surface area contributed by atoms with Crippen molar-refractivity contribution in [2.24, 2.45) is 0 Å². The third-order valence-corrected chi connectivity index (χ3v) is 5.49. The summed E-state index contributed by atoms with van der Waals surface area (Å²) in [5.74, 6) is -0.157. The fourth-order valence-corrected chi connectivity index (χ4v) is 4.01. The Labute approximate surface area is 148 Å². The first-order chi connectivity index (χ1) is 12.1. The topological polar surface area (TPSA) is 72.1 Å². The largest absolute Gasteiger partial charge is 0.396 e. The van der Waals surface area contributed by atoms with E-state index in [-0.39, 0.29) is 5.91 Å². The second-order valence-corrected chi connectivity index (χ2v) is 7.09. The van der Waals surface area contributed by atoms with Gasteiger partial charge in [-0.3, -0.25) is 4.79 Å². The molecule has 1 aliphatic rings. The van der Waals surface area contributed by atoms with Crippen LogP contribution in [0.2, 0.25) is 0 Å². The summed E-state index contributed by atoms with van der Waals surface area (Å²) in [5.41, 5.74) is 8.76. The van der Waals surface area contributed by atoms with Crippen LogP contribution in [0.3, 0.4) is 0 Å². The number of likely N-dealkylation sites (tertiary alicyclic amines) is 1. The van der Waals surface area contributed by atoms with Gasteiger partial charge in [-0.05, 0) is 12.8 Å². The Morgan fingerprint density at radius 2 is 1.96 bits per heavy atom. The fourth-order valence-electron chi connectivity index (χ4n) is 2.99. The summed E-state index contributed by atoms with van der Waals surface area (Å²) in [5, 5.41) is 0. The number of carbonyl (C=O) groups is 1. The number of halogens is 1. The normalized spacial score (nSPS) is 15.6. The highest BCUT2D eigenvalue weighted by molar-refractivity contribution is 7.21. The van der Waals surface area contributed by atoms with Crippen LogP contribution in [0.25, 0.3) is 21.6 Å². The second-order valence-electron chi connectivity index (χ2n) is 6.09. The van der Waals surface area contributed by atoms with Gasteiger partial charge in [-0.25, -0.2) is 14.4 Å². The number of hydrogen-bond donors (Lipinski definition) is 1. The zero-order chi connectivity index (χ0) is 17.4. The Hall–Kier alpha value is -2.54. The lowest BCUT2D eigenvalue weighted by atomic mass is 10.1. The van der Waals surface area contributed by atoms with Crippen molar-refractivity contribution in [3.63, 3.8) is 0 Å². The number of fused-ring (bicyclic) bond motifs is 1. The molecule has 3 heterocycles. The minimum atomic E-state index is -0.819. The smallest absolute Gasteiger partial charge is 0.266 e.